The topological polar surface area (TPSA) is 120 Å². The molecule has 0 fully saturated rings. The first-order chi connectivity index (χ1) is 18.4. The summed E-state index contributed by atoms with van der Waals surface area (Å²) in [5.74, 6) is 0.749. The Hall–Kier alpha value is -4.12. The van der Waals surface area contributed by atoms with E-state index in [2.05, 4.69) is 21.2 Å². The molecule has 0 bridgehead atoms. The second-order valence-corrected chi connectivity index (χ2v) is 8.38. The van der Waals surface area contributed by atoms with Crippen molar-refractivity contribution in [1.29, 1.82) is 0 Å². The van der Waals surface area contributed by atoms with Crippen molar-refractivity contribution in [2.75, 3.05) is 26.4 Å². The number of hydrogen-bond donors (Lipinski definition) is 3. The summed E-state index contributed by atoms with van der Waals surface area (Å²) in [7, 11) is 0. The van der Waals surface area contributed by atoms with Crippen LogP contribution < -0.4 is 30.3 Å². The van der Waals surface area contributed by atoms with Crippen LogP contribution in [0.2, 0.25) is 0 Å². The number of ether oxygens (including phenoxy) is 4. The van der Waals surface area contributed by atoms with E-state index < -0.39 is 17.9 Å². The molecule has 0 spiro atoms. The Morgan fingerprint density at radius 3 is 2.53 bits per heavy atom. The number of carbonyl (C=O) groups is 2. The third-order valence-corrected chi connectivity index (χ3v) is 5.56. The lowest BCUT2D eigenvalue weighted by Gasteiger charge is -2.30. The molecule has 2 aromatic carbocycles. The van der Waals surface area contributed by atoms with E-state index in [1.54, 1.807) is 50.2 Å². The molecule has 1 heterocycles. The van der Waals surface area contributed by atoms with Crippen LogP contribution in [0.3, 0.4) is 0 Å². The van der Waals surface area contributed by atoms with Crippen LogP contribution in [0.15, 0.2) is 58.8 Å². The lowest BCUT2D eigenvalue weighted by Crippen LogP contribution is -2.45. The van der Waals surface area contributed by atoms with Gasteiger partial charge in [0.1, 0.15) is 17.2 Å². The van der Waals surface area contributed by atoms with Gasteiger partial charge in [0, 0.05) is 22.9 Å². The average Bonchev–Trinajstić information content (AvgIpc) is 2.89. The second-order valence-electron chi connectivity index (χ2n) is 7.98. The smallest absolute Gasteiger partial charge is 0.338 e. The molecule has 0 saturated heterocycles. The molecule has 1 aliphatic heterocycles. The SMILES string of the molecule is CCOC(=O)C1=C(C)NC(=S)N[C@@H]1c1ccccc1OCC(=O)NN=Cc1ccc(OCC)cc1OCC. The standard InChI is InChI=1S/C27H32N4O6S/c1-5-34-19-13-12-18(22(14-19)35-6-2)15-28-31-23(32)16-37-21-11-9-8-10-20(21)25-24(26(33)36-7-3)17(4)29-27(38)30-25/h8-15,25H,5-7,16H2,1-4H3,(H,31,32)(H2,29,30,38)/t25-/m1/s1. The van der Waals surface area contributed by atoms with Crippen molar-refractivity contribution in [3.05, 3.63) is 64.9 Å². The van der Waals surface area contributed by atoms with Crippen molar-refractivity contribution in [3.8, 4) is 17.2 Å². The van der Waals surface area contributed by atoms with Gasteiger partial charge in [-0.1, -0.05) is 18.2 Å². The quantitative estimate of drug-likeness (QED) is 0.161. The third-order valence-electron chi connectivity index (χ3n) is 5.34. The van der Waals surface area contributed by atoms with E-state index in [4.69, 9.17) is 31.2 Å². The van der Waals surface area contributed by atoms with E-state index in [0.717, 1.165) is 0 Å². The van der Waals surface area contributed by atoms with Gasteiger partial charge in [-0.3, -0.25) is 4.79 Å². The number of para-hydroxylation sites is 1. The number of nitrogens with zero attached hydrogens (tertiary/aromatic N) is 1. The summed E-state index contributed by atoms with van der Waals surface area (Å²) < 4.78 is 22.2. The minimum absolute atomic E-state index is 0.230. The van der Waals surface area contributed by atoms with E-state index in [9.17, 15) is 9.59 Å². The maximum Gasteiger partial charge on any atom is 0.338 e. The molecular formula is C27H32N4O6S. The maximum absolute atomic E-state index is 12.7. The summed E-state index contributed by atoms with van der Waals surface area (Å²) in [6.45, 7) is 8.21. The van der Waals surface area contributed by atoms with Crippen LogP contribution in [0.1, 0.15) is 44.9 Å². The Kier molecular flexibility index (Phi) is 10.5. The predicted octanol–water partition coefficient (Wildman–Crippen LogP) is 3.37. The minimum atomic E-state index is -0.614. The van der Waals surface area contributed by atoms with Crippen LogP contribution >= 0.6 is 12.2 Å². The molecule has 38 heavy (non-hydrogen) atoms. The van der Waals surface area contributed by atoms with Gasteiger partial charge < -0.3 is 29.6 Å². The first-order valence-corrected chi connectivity index (χ1v) is 12.7. The zero-order chi connectivity index (χ0) is 27.5. The molecular weight excluding hydrogens is 508 g/mol. The fourth-order valence-corrected chi connectivity index (χ4v) is 4.04. The Balaban J connectivity index is 1.70. The van der Waals surface area contributed by atoms with Crippen LogP contribution in [0, 0.1) is 0 Å². The molecule has 3 rings (SSSR count). The maximum atomic E-state index is 12.7. The summed E-state index contributed by atoms with van der Waals surface area (Å²) >= 11 is 5.30. The van der Waals surface area contributed by atoms with Crippen molar-refractivity contribution >= 4 is 35.4 Å². The average molecular weight is 541 g/mol. The van der Waals surface area contributed by atoms with Gasteiger partial charge in [0.05, 0.1) is 37.7 Å². The highest BCUT2D eigenvalue weighted by molar-refractivity contribution is 7.80. The highest BCUT2D eigenvalue weighted by atomic mass is 32.1. The number of thiocarbonyl (C=S) groups is 1. The number of carbonyl (C=O) groups excluding carboxylic acids is 2. The minimum Gasteiger partial charge on any atom is -0.494 e. The number of nitrogens with one attached hydrogen (secondary N) is 3. The number of esters is 1. The van der Waals surface area contributed by atoms with E-state index >= 15 is 0 Å². The van der Waals surface area contributed by atoms with Crippen LogP contribution in [-0.4, -0.2) is 49.6 Å². The number of benzene rings is 2. The number of hydrazone groups is 1. The highest BCUT2D eigenvalue weighted by Gasteiger charge is 2.32. The monoisotopic (exact) mass is 540 g/mol. The molecule has 10 nitrogen and oxygen atoms in total. The van der Waals surface area contributed by atoms with E-state index in [-0.39, 0.29) is 13.2 Å². The van der Waals surface area contributed by atoms with Crippen LogP contribution in [0.25, 0.3) is 0 Å². The van der Waals surface area contributed by atoms with Gasteiger partial charge in [-0.15, -0.1) is 0 Å². The Morgan fingerprint density at radius 2 is 1.79 bits per heavy atom. The molecule has 0 aliphatic carbocycles. The molecule has 1 amide bonds. The zero-order valence-electron chi connectivity index (χ0n) is 21.8. The second kappa shape index (κ2) is 14.0. The summed E-state index contributed by atoms with van der Waals surface area (Å²) in [6, 6.07) is 11.9. The third kappa shape index (κ3) is 7.45. The lowest BCUT2D eigenvalue weighted by molar-refractivity contribution is -0.139. The fourth-order valence-electron chi connectivity index (χ4n) is 3.76. The number of amides is 1. The molecule has 1 aliphatic rings. The molecule has 2 aromatic rings. The highest BCUT2D eigenvalue weighted by Crippen LogP contribution is 2.33. The Bertz CT molecular complexity index is 1230. The van der Waals surface area contributed by atoms with Gasteiger partial charge >= 0.3 is 5.97 Å². The van der Waals surface area contributed by atoms with Crippen molar-refractivity contribution in [2.24, 2.45) is 5.10 Å². The first-order valence-electron chi connectivity index (χ1n) is 12.3. The van der Waals surface area contributed by atoms with Gasteiger partial charge in [-0.05, 0) is 58.1 Å². The van der Waals surface area contributed by atoms with Crippen molar-refractivity contribution < 1.29 is 28.5 Å². The normalized spacial score (nSPS) is 14.9. The molecule has 3 N–H and O–H groups in total. The molecule has 0 saturated carbocycles. The van der Waals surface area contributed by atoms with E-state index in [0.29, 0.717) is 58.0 Å². The fraction of sp³-hybridized carbons (Fsp3) is 0.333. The van der Waals surface area contributed by atoms with Crippen molar-refractivity contribution in [2.45, 2.75) is 33.7 Å². The Morgan fingerprint density at radius 1 is 1.03 bits per heavy atom. The van der Waals surface area contributed by atoms with Crippen molar-refractivity contribution in [1.82, 2.24) is 16.1 Å². The first kappa shape index (κ1) is 28.5. The summed E-state index contributed by atoms with van der Waals surface area (Å²) in [5.41, 5.74) is 4.73. The molecule has 0 unspecified atom stereocenters. The van der Waals surface area contributed by atoms with Gasteiger partial charge in [0.25, 0.3) is 5.91 Å². The zero-order valence-corrected chi connectivity index (χ0v) is 22.6. The summed E-state index contributed by atoms with van der Waals surface area (Å²) in [5, 5.41) is 10.4. The molecule has 0 aromatic heterocycles. The van der Waals surface area contributed by atoms with Crippen molar-refractivity contribution in [3.63, 3.8) is 0 Å². The molecule has 202 valence electrons. The van der Waals surface area contributed by atoms with Crippen LogP contribution in [0.5, 0.6) is 17.2 Å². The molecule has 1 atom stereocenters. The largest absolute Gasteiger partial charge is 0.494 e. The summed E-state index contributed by atoms with van der Waals surface area (Å²) in [6.07, 6.45) is 1.49. The van der Waals surface area contributed by atoms with Gasteiger partial charge in [0.2, 0.25) is 0 Å². The lowest BCUT2D eigenvalue weighted by atomic mass is 9.95. The molecule has 0 radical (unpaired) electrons. The van der Waals surface area contributed by atoms with Gasteiger partial charge in [0.15, 0.2) is 11.7 Å². The number of rotatable bonds is 12. The predicted molar refractivity (Wildman–Crippen MR) is 147 cm³/mol. The van der Waals surface area contributed by atoms with Gasteiger partial charge in [-0.2, -0.15) is 5.10 Å². The van der Waals surface area contributed by atoms with E-state index in [1.807, 2.05) is 19.9 Å². The van der Waals surface area contributed by atoms with E-state index in [1.165, 1.54) is 6.21 Å². The van der Waals surface area contributed by atoms with Crippen LogP contribution in [0.4, 0.5) is 0 Å². The number of hydrogen-bond acceptors (Lipinski definition) is 8. The Labute approximate surface area is 227 Å². The van der Waals surface area contributed by atoms with Crippen LogP contribution in [-0.2, 0) is 14.3 Å². The summed E-state index contributed by atoms with van der Waals surface area (Å²) in [4.78, 5) is 25.2. The molecule has 11 heteroatoms. The number of allylic oxidation sites excluding steroid dienone is 1. The van der Waals surface area contributed by atoms with Gasteiger partial charge in [-0.25, -0.2) is 10.2 Å².